The van der Waals surface area contributed by atoms with Crippen LogP contribution in [0.15, 0.2) is 63.7 Å². The highest BCUT2D eigenvalue weighted by molar-refractivity contribution is 9.10. The van der Waals surface area contributed by atoms with E-state index in [0.717, 1.165) is 34.4 Å². The summed E-state index contributed by atoms with van der Waals surface area (Å²) in [6.07, 6.45) is 7.81. The SMILES string of the molecule is CCCCCCCOc1ccc(/C=C2\N=C(c3cccc(Br)c3)OC2=O)cc1. The first kappa shape index (κ1) is 20.3. The van der Waals surface area contributed by atoms with Crippen molar-refractivity contribution < 1.29 is 14.3 Å². The lowest BCUT2D eigenvalue weighted by atomic mass is 10.1. The van der Waals surface area contributed by atoms with E-state index in [9.17, 15) is 4.79 Å². The van der Waals surface area contributed by atoms with E-state index in [1.807, 2.05) is 48.5 Å². The van der Waals surface area contributed by atoms with Crippen LogP contribution in [0.5, 0.6) is 5.75 Å². The molecular formula is C23H24BrNO3. The molecule has 0 aromatic heterocycles. The molecule has 0 spiro atoms. The number of aliphatic imine (C=N–C) groups is 1. The van der Waals surface area contributed by atoms with Crippen LogP contribution < -0.4 is 4.74 Å². The molecule has 0 radical (unpaired) electrons. The summed E-state index contributed by atoms with van der Waals surface area (Å²) in [7, 11) is 0. The molecule has 0 bridgehead atoms. The highest BCUT2D eigenvalue weighted by atomic mass is 79.9. The number of ether oxygens (including phenoxy) is 2. The van der Waals surface area contributed by atoms with Crippen molar-refractivity contribution in [3.63, 3.8) is 0 Å². The monoisotopic (exact) mass is 441 g/mol. The first-order valence-electron chi connectivity index (χ1n) is 9.67. The summed E-state index contributed by atoms with van der Waals surface area (Å²) in [5.41, 5.74) is 1.93. The Morgan fingerprint density at radius 3 is 2.61 bits per heavy atom. The first-order chi connectivity index (χ1) is 13.7. The Labute approximate surface area is 174 Å². The van der Waals surface area contributed by atoms with Gasteiger partial charge in [0, 0.05) is 10.0 Å². The number of carbonyl (C=O) groups excluding carboxylic acids is 1. The van der Waals surface area contributed by atoms with Gasteiger partial charge in [-0.2, -0.15) is 0 Å². The van der Waals surface area contributed by atoms with E-state index in [0.29, 0.717) is 11.6 Å². The zero-order valence-corrected chi connectivity index (χ0v) is 17.6. The molecule has 2 aromatic rings. The first-order valence-corrected chi connectivity index (χ1v) is 10.5. The van der Waals surface area contributed by atoms with Gasteiger partial charge in [-0.1, -0.05) is 66.7 Å². The summed E-state index contributed by atoms with van der Waals surface area (Å²) < 4.78 is 12.0. The van der Waals surface area contributed by atoms with Crippen LogP contribution in [0.4, 0.5) is 0 Å². The third kappa shape index (κ3) is 5.80. The second-order valence-corrected chi connectivity index (χ2v) is 7.59. The molecule has 0 unspecified atom stereocenters. The third-order valence-corrected chi connectivity index (χ3v) is 4.89. The van der Waals surface area contributed by atoms with E-state index in [4.69, 9.17) is 9.47 Å². The number of esters is 1. The molecule has 0 N–H and O–H groups in total. The molecule has 28 heavy (non-hydrogen) atoms. The predicted octanol–water partition coefficient (Wildman–Crippen LogP) is 6.14. The maximum Gasteiger partial charge on any atom is 0.363 e. The van der Waals surface area contributed by atoms with Gasteiger partial charge in [0.1, 0.15) is 5.75 Å². The average molecular weight is 442 g/mol. The normalized spacial score (nSPS) is 14.9. The van der Waals surface area contributed by atoms with Crippen molar-refractivity contribution >= 4 is 33.9 Å². The molecule has 0 amide bonds. The molecule has 5 heteroatoms. The molecule has 0 aliphatic carbocycles. The zero-order chi connectivity index (χ0) is 19.8. The van der Waals surface area contributed by atoms with Gasteiger partial charge in [0.05, 0.1) is 6.61 Å². The lowest BCUT2D eigenvalue weighted by Gasteiger charge is -2.06. The Hall–Kier alpha value is -2.40. The van der Waals surface area contributed by atoms with E-state index in [1.54, 1.807) is 6.08 Å². The Morgan fingerprint density at radius 1 is 1.07 bits per heavy atom. The summed E-state index contributed by atoms with van der Waals surface area (Å²) in [6.45, 7) is 2.95. The summed E-state index contributed by atoms with van der Waals surface area (Å²) >= 11 is 3.41. The van der Waals surface area contributed by atoms with Gasteiger partial charge in [-0.3, -0.25) is 0 Å². The molecule has 0 saturated heterocycles. The fourth-order valence-corrected chi connectivity index (χ4v) is 3.27. The van der Waals surface area contributed by atoms with E-state index in [-0.39, 0.29) is 0 Å². The Balaban J connectivity index is 1.59. The van der Waals surface area contributed by atoms with E-state index < -0.39 is 5.97 Å². The fraction of sp³-hybridized carbons (Fsp3) is 0.304. The van der Waals surface area contributed by atoms with E-state index in [2.05, 4.69) is 27.8 Å². The van der Waals surface area contributed by atoms with Crippen molar-refractivity contribution in [1.82, 2.24) is 0 Å². The van der Waals surface area contributed by atoms with Crippen LogP contribution in [0.3, 0.4) is 0 Å². The molecule has 146 valence electrons. The van der Waals surface area contributed by atoms with Crippen LogP contribution in [0, 0.1) is 0 Å². The molecular weight excluding hydrogens is 418 g/mol. The van der Waals surface area contributed by atoms with Gasteiger partial charge in [-0.15, -0.1) is 0 Å². The van der Waals surface area contributed by atoms with Gasteiger partial charge in [-0.05, 0) is 48.4 Å². The van der Waals surface area contributed by atoms with Crippen molar-refractivity contribution in [3.8, 4) is 5.75 Å². The topological polar surface area (TPSA) is 47.9 Å². The molecule has 1 aliphatic rings. The lowest BCUT2D eigenvalue weighted by molar-refractivity contribution is -0.129. The largest absolute Gasteiger partial charge is 0.494 e. The average Bonchev–Trinajstić information content (AvgIpc) is 3.06. The summed E-state index contributed by atoms with van der Waals surface area (Å²) in [5.74, 6) is 0.716. The lowest BCUT2D eigenvalue weighted by Crippen LogP contribution is -2.05. The highest BCUT2D eigenvalue weighted by Crippen LogP contribution is 2.22. The predicted molar refractivity (Wildman–Crippen MR) is 115 cm³/mol. The smallest absolute Gasteiger partial charge is 0.363 e. The quantitative estimate of drug-likeness (QED) is 0.266. The summed E-state index contributed by atoms with van der Waals surface area (Å²) in [4.78, 5) is 16.5. The number of carbonyl (C=O) groups is 1. The van der Waals surface area contributed by atoms with Crippen LogP contribution in [0.1, 0.15) is 50.2 Å². The van der Waals surface area contributed by atoms with Crippen molar-refractivity contribution in [2.45, 2.75) is 39.0 Å². The Kier molecular flexibility index (Phi) is 7.43. The van der Waals surface area contributed by atoms with Crippen LogP contribution in [-0.4, -0.2) is 18.5 Å². The van der Waals surface area contributed by atoms with E-state index in [1.165, 1.54) is 25.7 Å². The number of unbranched alkanes of at least 4 members (excludes halogenated alkanes) is 4. The Morgan fingerprint density at radius 2 is 1.86 bits per heavy atom. The number of cyclic esters (lactones) is 1. The molecule has 0 atom stereocenters. The maximum atomic E-state index is 12.1. The number of hydrogen-bond acceptors (Lipinski definition) is 4. The zero-order valence-electron chi connectivity index (χ0n) is 16.0. The van der Waals surface area contributed by atoms with Crippen LogP contribution >= 0.6 is 15.9 Å². The second-order valence-electron chi connectivity index (χ2n) is 6.68. The number of hydrogen-bond donors (Lipinski definition) is 0. The van der Waals surface area contributed by atoms with E-state index >= 15 is 0 Å². The maximum absolute atomic E-state index is 12.1. The van der Waals surface area contributed by atoms with Crippen LogP contribution in [0.2, 0.25) is 0 Å². The molecule has 0 fully saturated rings. The molecule has 2 aromatic carbocycles. The second kappa shape index (κ2) is 10.2. The van der Waals surface area contributed by atoms with Crippen molar-refractivity contribution in [2.75, 3.05) is 6.61 Å². The van der Waals surface area contributed by atoms with Gasteiger partial charge in [0.2, 0.25) is 5.90 Å². The minimum Gasteiger partial charge on any atom is -0.494 e. The van der Waals surface area contributed by atoms with Crippen LogP contribution in [0.25, 0.3) is 6.08 Å². The highest BCUT2D eigenvalue weighted by Gasteiger charge is 2.24. The Bertz CT molecular complexity index is 872. The van der Waals surface area contributed by atoms with Gasteiger partial charge in [-0.25, -0.2) is 9.79 Å². The van der Waals surface area contributed by atoms with Gasteiger partial charge in [0.25, 0.3) is 0 Å². The fourth-order valence-electron chi connectivity index (χ4n) is 2.87. The van der Waals surface area contributed by atoms with Gasteiger partial charge >= 0.3 is 5.97 Å². The van der Waals surface area contributed by atoms with Gasteiger partial charge in [0.15, 0.2) is 5.70 Å². The molecule has 3 rings (SSSR count). The number of halogens is 1. The standard InChI is InChI=1S/C23H24BrNO3/c1-2-3-4-5-6-14-27-20-12-10-17(11-13-20)15-21-23(26)28-22(25-21)18-8-7-9-19(24)16-18/h7-13,15-16H,2-6,14H2,1H3/b21-15-. The summed E-state index contributed by atoms with van der Waals surface area (Å²) in [6, 6.07) is 15.2. The number of nitrogens with zero attached hydrogens (tertiary/aromatic N) is 1. The van der Waals surface area contributed by atoms with Crippen LogP contribution in [-0.2, 0) is 9.53 Å². The third-order valence-electron chi connectivity index (χ3n) is 4.39. The molecule has 0 saturated carbocycles. The summed E-state index contributed by atoms with van der Waals surface area (Å²) in [5, 5.41) is 0. The minimum atomic E-state index is -0.442. The molecule has 1 aliphatic heterocycles. The number of benzene rings is 2. The molecule has 1 heterocycles. The number of rotatable bonds is 9. The van der Waals surface area contributed by atoms with Gasteiger partial charge < -0.3 is 9.47 Å². The van der Waals surface area contributed by atoms with Crippen molar-refractivity contribution in [3.05, 3.63) is 69.8 Å². The van der Waals surface area contributed by atoms with Crippen molar-refractivity contribution in [2.24, 2.45) is 4.99 Å². The van der Waals surface area contributed by atoms with Crippen molar-refractivity contribution in [1.29, 1.82) is 0 Å². The molecule has 4 nitrogen and oxygen atoms in total. The minimum absolute atomic E-state index is 0.291.